The molecule has 0 fully saturated rings. The summed E-state index contributed by atoms with van der Waals surface area (Å²) in [7, 11) is 0. The number of hydrogen-bond acceptors (Lipinski definition) is 4. The van der Waals surface area contributed by atoms with Gasteiger partial charge < -0.3 is 10.6 Å². The Hall–Kier alpha value is -2.50. The lowest BCUT2D eigenvalue weighted by Gasteiger charge is -2.06. The number of aromatic nitrogens is 2. The van der Waals surface area contributed by atoms with E-state index in [2.05, 4.69) is 20.6 Å². The molecule has 1 amide bonds. The maximum absolute atomic E-state index is 12.8. The van der Waals surface area contributed by atoms with Gasteiger partial charge in [0.15, 0.2) is 0 Å². The maximum atomic E-state index is 12.8. The first-order valence-electron chi connectivity index (χ1n) is 6.32. The minimum Gasteiger partial charge on any atom is -0.354 e. The molecule has 0 radical (unpaired) electrons. The van der Waals surface area contributed by atoms with Crippen molar-refractivity contribution in [1.29, 1.82) is 0 Å². The molecule has 2 N–H and O–H groups in total. The topological polar surface area (TPSA) is 66.9 Å². The third-order valence-electron chi connectivity index (χ3n) is 2.55. The van der Waals surface area contributed by atoms with Gasteiger partial charge in [0.05, 0.1) is 5.56 Å². The number of anilines is 2. The van der Waals surface area contributed by atoms with E-state index in [1.165, 1.54) is 36.7 Å². The molecule has 0 saturated carbocycles. The molecule has 20 heavy (non-hydrogen) atoms. The molecule has 5 nitrogen and oxygen atoms in total. The second-order valence-corrected chi connectivity index (χ2v) is 4.18. The molecule has 1 aromatic carbocycles. The van der Waals surface area contributed by atoms with Gasteiger partial charge in [0.1, 0.15) is 5.82 Å². The highest BCUT2D eigenvalue weighted by molar-refractivity contribution is 6.03. The average molecular weight is 274 g/mol. The smallest absolute Gasteiger partial charge is 0.258 e. The predicted octanol–water partition coefficient (Wildman–Crippen LogP) is 2.69. The zero-order chi connectivity index (χ0) is 14.4. The summed E-state index contributed by atoms with van der Waals surface area (Å²) >= 11 is 0. The number of hydrogen-bond donors (Lipinski definition) is 2. The van der Waals surface area contributed by atoms with Crippen LogP contribution in [0.15, 0.2) is 36.7 Å². The molecule has 0 bridgehead atoms. The largest absolute Gasteiger partial charge is 0.354 e. The van der Waals surface area contributed by atoms with E-state index in [1.54, 1.807) is 0 Å². The standard InChI is InChI=1S/C14H15FN4O/c1-2-7-16-14-17-8-10(9-18-14)13(20)19-12-5-3-11(15)4-6-12/h3-6,8-9H,2,7H2,1H3,(H,19,20)(H,16,17,18). The highest BCUT2D eigenvalue weighted by Gasteiger charge is 2.07. The monoisotopic (exact) mass is 274 g/mol. The minimum absolute atomic E-state index is 0.335. The Morgan fingerprint density at radius 2 is 1.85 bits per heavy atom. The number of halogens is 1. The first-order chi connectivity index (χ1) is 9.69. The van der Waals surface area contributed by atoms with Gasteiger partial charge in [-0.05, 0) is 30.7 Å². The van der Waals surface area contributed by atoms with Crippen LogP contribution in [0.2, 0.25) is 0 Å². The normalized spacial score (nSPS) is 10.1. The van der Waals surface area contributed by atoms with Crippen LogP contribution in [0.3, 0.4) is 0 Å². The highest BCUT2D eigenvalue weighted by atomic mass is 19.1. The number of rotatable bonds is 5. The molecule has 0 unspecified atom stereocenters. The molecule has 0 atom stereocenters. The van der Waals surface area contributed by atoms with Crippen molar-refractivity contribution in [2.75, 3.05) is 17.2 Å². The van der Waals surface area contributed by atoms with Crippen molar-refractivity contribution in [2.24, 2.45) is 0 Å². The van der Waals surface area contributed by atoms with E-state index in [-0.39, 0.29) is 11.7 Å². The average Bonchev–Trinajstić information content (AvgIpc) is 2.48. The summed E-state index contributed by atoms with van der Waals surface area (Å²) < 4.78 is 12.8. The highest BCUT2D eigenvalue weighted by Crippen LogP contribution is 2.10. The van der Waals surface area contributed by atoms with E-state index in [0.717, 1.165) is 13.0 Å². The molecule has 2 rings (SSSR count). The van der Waals surface area contributed by atoms with Gasteiger partial charge in [0.25, 0.3) is 5.91 Å². The summed E-state index contributed by atoms with van der Waals surface area (Å²) in [4.78, 5) is 20.0. The third-order valence-corrected chi connectivity index (χ3v) is 2.55. The molecule has 2 aromatic rings. The first kappa shape index (κ1) is 13.9. The summed E-state index contributed by atoms with van der Waals surface area (Å²) in [6.45, 7) is 2.82. The summed E-state index contributed by atoms with van der Waals surface area (Å²) in [5, 5.41) is 5.66. The van der Waals surface area contributed by atoms with Gasteiger partial charge in [-0.1, -0.05) is 6.92 Å². The minimum atomic E-state index is -0.349. The zero-order valence-corrected chi connectivity index (χ0v) is 11.1. The molecule has 0 spiro atoms. The van der Waals surface area contributed by atoms with E-state index in [4.69, 9.17) is 0 Å². The van der Waals surface area contributed by atoms with Crippen molar-refractivity contribution in [3.05, 3.63) is 48.0 Å². The van der Waals surface area contributed by atoms with Crippen LogP contribution in [-0.2, 0) is 0 Å². The van der Waals surface area contributed by atoms with Gasteiger partial charge in [0, 0.05) is 24.6 Å². The number of nitrogens with zero attached hydrogens (tertiary/aromatic N) is 2. The lowest BCUT2D eigenvalue weighted by atomic mass is 10.2. The first-order valence-corrected chi connectivity index (χ1v) is 6.32. The molecule has 0 aliphatic heterocycles. The van der Waals surface area contributed by atoms with E-state index in [1.807, 2.05) is 6.92 Å². The summed E-state index contributed by atoms with van der Waals surface area (Å²) in [6.07, 6.45) is 3.86. The Balaban J connectivity index is 2.00. The fourth-order valence-electron chi connectivity index (χ4n) is 1.51. The fraction of sp³-hybridized carbons (Fsp3) is 0.214. The van der Waals surface area contributed by atoms with Crippen LogP contribution in [0.5, 0.6) is 0 Å². The Morgan fingerprint density at radius 3 is 2.45 bits per heavy atom. The summed E-state index contributed by atoms with van der Waals surface area (Å²) in [5.74, 6) is -0.193. The van der Waals surface area contributed by atoms with Crippen LogP contribution in [0.4, 0.5) is 16.0 Å². The van der Waals surface area contributed by atoms with Crippen LogP contribution in [0, 0.1) is 5.82 Å². The lowest BCUT2D eigenvalue weighted by molar-refractivity contribution is 0.102. The number of benzene rings is 1. The molecule has 0 saturated heterocycles. The van der Waals surface area contributed by atoms with E-state index in [0.29, 0.717) is 17.2 Å². The van der Waals surface area contributed by atoms with E-state index >= 15 is 0 Å². The zero-order valence-electron chi connectivity index (χ0n) is 11.1. The van der Waals surface area contributed by atoms with Crippen molar-refractivity contribution in [2.45, 2.75) is 13.3 Å². The number of nitrogens with one attached hydrogen (secondary N) is 2. The van der Waals surface area contributed by atoms with Crippen LogP contribution < -0.4 is 10.6 Å². The maximum Gasteiger partial charge on any atom is 0.258 e. The number of carbonyl (C=O) groups excluding carboxylic acids is 1. The number of carbonyl (C=O) groups is 1. The van der Waals surface area contributed by atoms with Crippen LogP contribution in [0.1, 0.15) is 23.7 Å². The van der Waals surface area contributed by atoms with Crippen LogP contribution in [0.25, 0.3) is 0 Å². The molecular formula is C14H15FN4O. The molecule has 0 aliphatic rings. The second kappa shape index (κ2) is 6.60. The third kappa shape index (κ3) is 3.74. The Labute approximate surface area is 116 Å². The van der Waals surface area contributed by atoms with Gasteiger partial charge in [-0.15, -0.1) is 0 Å². The Kier molecular flexibility index (Phi) is 4.60. The van der Waals surface area contributed by atoms with Crippen molar-refractivity contribution in [3.63, 3.8) is 0 Å². The molecule has 104 valence electrons. The molecule has 6 heteroatoms. The lowest BCUT2D eigenvalue weighted by Crippen LogP contribution is -2.13. The quantitative estimate of drug-likeness (QED) is 0.879. The number of amides is 1. The van der Waals surface area contributed by atoms with Crippen LogP contribution >= 0.6 is 0 Å². The Morgan fingerprint density at radius 1 is 1.20 bits per heavy atom. The predicted molar refractivity (Wildman–Crippen MR) is 75.2 cm³/mol. The van der Waals surface area contributed by atoms with Crippen molar-refractivity contribution in [3.8, 4) is 0 Å². The van der Waals surface area contributed by atoms with E-state index < -0.39 is 0 Å². The van der Waals surface area contributed by atoms with Gasteiger partial charge in [-0.2, -0.15) is 0 Å². The second-order valence-electron chi connectivity index (χ2n) is 4.18. The van der Waals surface area contributed by atoms with Gasteiger partial charge in [-0.3, -0.25) is 4.79 Å². The van der Waals surface area contributed by atoms with Crippen molar-refractivity contribution >= 4 is 17.5 Å². The van der Waals surface area contributed by atoms with E-state index in [9.17, 15) is 9.18 Å². The van der Waals surface area contributed by atoms with Gasteiger partial charge in [0.2, 0.25) is 5.95 Å². The van der Waals surface area contributed by atoms with Crippen molar-refractivity contribution in [1.82, 2.24) is 9.97 Å². The van der Waals surface area contributed by atoms with Crippen molar-refractivity contribution < 1.29 is 9.18 Å². The Bertz CT molecular complexity index is 569. The van der Waals surface area contributed by atoms with Gasteiger partial charge >= 0.3 is 0 Å². The fourth-order valence-corrected chi connectivity index (χ4v) is 1.51. The molecule has 1 aromatic heterocycles. The molecule has 0 aliphatic carbocycles. The van der Waals surface area contributed by atoms with Crippen LogP contribution in [-0.4, -0.2) is 22.4 Å². The SMILES string of the molecule is CCCNc1ncc(C(=O)Nc2ccc(F)cc2)cn1. The molecular weight excluding hydrogens is 259 g/mol. The molecule has 1 heterocycles. The summed E-state index contributed by atoms with van der Waals surface area (Å²) in [6, 6.07) is 5.55. The summed E-state index contributed by atoms with van der Waals surface area (Å²) in [5.41, 5.74) is 0.862. The van der Waals surface area contributed by atoms with Gasteiger partial charge in [-0.25, -0.2) is 14.4 Å².